The minimum Gasteiger partial charge on any atom is -0.367 e. The maximum Gasteiger partial charge on any atom is 0.178 e. The first-order valence-electron chi connectivity index (χ1n) is 5.63. The topological polar surface area (TPSA) is 26.3 Å². The van der Waals surface area contributed by atoms with Crippen LogP contribution in [0.3, 0.4) is 0 Å². The summed E-state index contributed by atoms with van der Waals surface area (Å²) in [6.07, 6.45) is 6.71. The largest absolute Gasteiger partial charge is 0.367 e. The summed E-state index contributed by atoms with van der Waals surface area (Å²) < 4.78 is 5.69. The first kappa shape index (κ1) is 11.3. The molecule has 0 aromatic carbocycles. The van der Waals surface area contributed by atoms with E-state index in [-0.39, 0.29) is 10.6 Å². The first-order valence-corrected chi connectivity index (χ1v) is 6.54. The average molecular weight is 273 g/mol. The number of alkyl halides is 1. The van der Waals surface area contributed by atoms with E-state index >= 15 is 0 Å². The zero-order valence-electron chi connectivity index (χ0n) is 8.88. The Morgan fingerprint density at radius 2 is 2.40 bits per heavy atom. The van der Waals surface area contributed by atoms with Gasteiger partial charge in [0.2, 0.25) is 0 Å². The van der Waals surface area contributed by atoms with Crippen molar-refractivity contribution in [1.29, 1.82) is 0 Å². The minimum atomic E-state index is -0.439. The molecule has 1 saturated carbocycles. The van der Waals surface area contributed by atoms with Crippen molar-refractivity contribution < 1.29 is 9.53 Å². The van der Waals surface area contributed by atoms with Crippen LogP contribution in [-0.4, -0.2) is 22.8 Å². The van der Waals surface area contributed by atoms with Crippen molar-refractivity contribution in [2.45, 2.75) is 42.5 Å². The fraction of sp³-hybridized carbons (Fsp3) is 0.750. The smallest absolute Gasteiger partial charge is 0.178 e. The van der Waals surface area contributed by atoms with Crippen LogP contribution in [0.15, 0.2) is 12.7 Å². The highest BCUT2D eigenvalue weighted by atomic mass is 79.9. The molecular formula is C12H17BrO2. The Balaban J connectivity index is 2.10. The summed E-state index contributed by atoms with van der Waals surface area (Å²) in [6, 6.07) is 0. The van der Waals surface area contributed by atoms with Gasteiger partial charge in [-0.15, -0.1) is 6.58 Å². The summed E-state index contributed by atoms with van der Waals surface area (Å²) >= 11 is 3.53. The Morgan fingerprint density at radius 1 is 1.60 bits per heavy atom. The van der Waals surface area contributed by atoms with Crippen LogP contribution in [0.5, 0.6) is 0 Å². The molecule has 15 heavy (non-hydrogen) atoms. The van der Waals surface area contributed by atoms with Gasteiger partial charge in [-0.05, 0) is 38.0 Å². The number of rotatable bonds is 2. The first-order chi connectivity index (χ1) is 7.19. The standard InChI is InChI=1S/C12H17BrO2/c1-2-4-9-5-7-12(6-3-8-15-12)11(14)10(9)13/h2,9-10H,1,3-8H2/t9-,10-,12+/m1/s1. The van der Waals surface area contributed by atoms with Crippen molar-refractivity contribution in [2.24, 2.45) is 5.92 Å². The van der Waals surface area contributed by atoms with Crippen LogP contribution in [0.1, 0.15) is 32.1 Å². The van der Waals surface area contributed by atoms with Gasteiger partial charge in [-0.25, -0.2) is 0 Å². The van der Waals surface area contributed by atoms with Gasteiger partial charge >= 0.3 is 0 Å². The highest BCUT2D eigenvalue weighted by molar-refractivity contribution is 9.10. The van der Waals surface area contributed by atoms with Gasteiger partial charge in [-0.3, -0.25) is 4.79 Å². The van der Waals surface area contributed by atoms with Crippen LogP contribution in [0.2, 0.25) is 0 Å². The van der Waals surface area contributed by atoms with Crippen LogP contribution in [-0.2, 0) is 9.53 Å². The zero-order valence-corrected chi connectivity index (χ0v) is 10.5. The van der Waals surface area contributed by atoms with E-state index in [4.69, 9.17) is 4.74 Å². The molecule has 3 heteroatoms. The Hall–Kier alpha value is -0.150. The van der Waals surface area contributed by atoms with Gasteiger partial charge in [0.05, 0.1) is 4.83 Å². The molecule has 0 amide bonds. The van der Waals surface area contributed by atoms with Gasteiger partial charge in [0.1, 0.15) is 5.60 Å². The van der Waals surface area contributed by atoms with E-state index in [9.17, 15) is 4.79 Å². The summed E-state index contributed by atoms with van der Waals surface area (Å²) in [5.41, 5.74) is -0.439. The molecule has 1 aliphatic carbocycles. The third-order valence-electron chi connectivity index (χ3n) is 3.61. The van der Waals surface area contributed by atoms with Gasteiger partial charge in [0, 0.05) is 6.61 Å². The number of Topliss-reactive ketones (excluding diaryl/α,β-unsaturated/α-hetero) is 1. The number of carbonyl (C=O) groups excluding carboxylic acids is 1. The molecule has 3 atom stereocenters. The summed E-state index contributed by atoms with van der Waals surface area (Å²) in [5, 5.41) is 0. The Bertz CT molecular complexity index is 269. The highest BCUT2D eigenvalue weighted by Gasteiger charge is 2.49. The van der Waals surface area contributed by atoms with E-state index in [1.807, 2.05) is 6.08 Å². The van der Waals surface area contributed by atoms with Gasteiger partial charge in [-0.2, -0.15) is 0 Å². The lowest BCUT2D eigenvalue weighted by atomic mass is 9.75. The molecule has 1 saturated heterocycles. The summed E-state index contributed by atoms with van der Waals surface area (Å²) in [5.74, 6) is 0.669. The number of halogens is 1. The van der Waals surface area contributed by atoms with E-state index in [0.717, 1.165) is 38.7 Å². The van der Waals surface area contributed by atoms with Crippen molar-refractivity contribution in [3.63, 3.8) is 0 Å². The molecule has 2 fully saturated rings. The maximum absolute atomic E-state index is 12.2. The molecule has 2 aliphatic rings. The second kappa shape index (κ2) is 4.38. The molecule has 1 spiro atoms. The fourth-order valence-corrected chi connectivity index (χ4v) is 3.59. The number of allylic oxidation sites excluding steroid dienone is 1. The molecule has 0 bridgehead atoms. The highest BCUT2D eigenvalue weighted by Crippen LogP contribution is 2.42. The van der Waals surface area contributed by atoms with Crippen LogP contribution in [0.25, 0.3) is 0 Å². The summed E-state index contributed by atoms with van der Waals surface area (Å²) in [7, 11) is 0. The van der Waals surface area contributed by atoms with Crippen LogP contribution in [0.4, 0.5) is 0 Å². The summed E-state index contributed by atoms with van der Waals surface area (Å²) in [6.45, 7) is 4.49. The molecule has 0 unspecified atom stereocenters. The molecule has 2 nitrogen and oxygen atoms in total. The maximum atomic E-state index is 12.2. The lowest BCUT2D eigenvalue weighted by molar-refractivity contribution is -0.143. The molecule has 0 aromatic heterocycles. The quantitative estimate of drug-likeness (QED) is 0.571. The molecule has 0 radical (unpaired) electrons. The third kappa shape index (κ3) is 1.92. The monoisotopic (exact) mass is 272 g/mol. The summed E-state index contributed by atoms with van der Waals surface area (Å²) in [4.78, 5) is 12.2. The van der Waals surface area contributed by atoms with Gasteiger partial charge in [0.15, 0.2) is 5.78 Å². The van der Waals surface area contributed by atoms with Crippen molar-refractivity contribution >= 4 is 21.7 Å². The fourth-order valence-electron chi connectivity index (χ4n) is 2.69. The normalized spacial score (nSPS) is 41.0. The van der Waals surface area contributed by atoms with Crippen LogP contribution < -0.4 is 0 Å². The lowest BCUT2D eigenvalue weighted by Crippen LogP contribution is -2.49. The Labute approximate surface area is 99.2 Å². The second-order valence-electron chi connectivity index (χ2n) is 4.54. The molecule has 1 aliphatic heterocycles. The van der Waals surface area contributed by atoms with Crippen molar-refractivity contribution in [1.82, 2.24) is 0 Å². The van der Waals surface area contributed by atoms with Crippen molar-refractivity contribution in [3.8, 4) is 0 Å². The van der Waals surface area contributed by atoms with E-state index in [1.54, 1.807) is 0 Å². The average Bonchev–Trinajstić information content (AvgIpc) is 2.70. The molecule has 1 heterocycles. The molecule has 84 valence electrons. The SMILES string of the molecule is C=CC[C@@H]1CC[C@@]2(CCCO2)C(=O)[C@@H]1Br. The predicted octanol–water partition coefficient (Wildman–Crippen LogP) is 2.85. The predicted molar refractivity (Wildman–Crippen MR) is 63.2 cm³/mol. The molecule has 0 N–H and O–H groups in total. The number of hydrogen-bond donors (Lipinski definition) is 0. The lowest BCUT2D eigenvalue weighted by Gasteiger charge is -2.37. The number of carbonyl (C=O) groups is 1. The number of ether oxygens (including phenoxy) is 1. The third-order valence-corrected chi connectivity index (χ3v) is 4.77. The van der Waals surface area contributed by atoms with E-state index in [1.165, 1.54) is 0 Å². The number of ketones is 1. The molecular weight excluding hydrogens is 256 g/mol. The van der Waals surface area contributed by atoms with Crippen LogP contribution in [0, 0.1) is 5.92 Å². The Kier molecular flexibility index (Phi) is 3.31. The van der Waals surface area contributed by atoms with Crippen molar-refractivity contribution in [2.75, 3.05) is 6.61 Å². The van der Waals surface area contributed by atoms with Crippen LogP contribution >= 0.6 is 15.9 Å². The molecule has 0 aromatic rings. The number of hydrogen-bond acceptors (Lipinski definition) is 2. The van der Waals surface area contributed by atoms with Gasteiger partial charge < -0.3 is 4.74 Å². The van der Waals surface area contributed by atoms with E-state index < -0.39 is 5.60 Å². The minimum absolute atomic E-state index is 0.0395. The molecule has 2 rings (SSSR count). The van der Waals surface area contributed by atoms with E-state index in [2.05, 4.69) is 22.5 Å². The van der Waals surface area contributed by atoms with Gasteiger partial charge in [-0.1, -0.05) is 22.0 Å². The zero-order chi connectivity index (χ0) is 10.9. The van der Waals surface area contributed by atoms with Crippen molar-refractivity contribution in [3.05, 3.63) is 12.7 Å². The second-order valence-corrected chi connectivity index (χ2v) is 5.52. The van der Waals surface area contributed by atoms with E-state index in [0.29, 0.717) is 5.92 Å². The van der Waals surface area contributed by atoms with Gasteiger partial charge in [0.25, 0.3) is 0 Å². The Morgan fingerprint density at radius 3 is 3.00 bits per heavy atom.